The highest BCUT2D eigenvalue weighted by Crippen LogP contribution is 2.22. The summed E-state index contributed by atoms with van der Waals surface area (Å²) >= 11 is 11.5. The van der Waals surface area contributed by atoms with Crippen LogP contribution in [0.15, 0.2) is 30.9 Å². The lowest BCUT2D eigenvalue weighted by Gasteiger charge is -2.09. The Hall–Kier alpha value is -0.660. The van der Waals surface area contributed by atoms with Gasteiger partial charge in [-0.1, -0.05) is 18.7 Å². The fourth-order valence-corrected chi connectivity index (χ4v) is 1.48. The number of halogens is 2. The molecule has 1 rings (SSSR count). The average molecular weight is 231 g/mol. The lowest BCUT2D eigenvalue weighted by molar-refractivity contribution is 0.360. The van der Waals surface area contributed by atoms with Crippen LogP contribution >= 0.6 is 23.2 Å². The molecular formula is C11H12Cl2O. The quantitative estimate of drug-likeness (QED) is 0.554. The van der Waals surface area contributed by atoms with Crippen LogP contribution in [0.5, 0.6) is 5.75 Å². The Balaban J connectivity index is 2.87. The normalized spacial score (nSPS) is 9.86. The van der Waals surface area contributed by atoms with Gasteiger partial charge in [-0.3, -0.25) is 0 Å². The molecule has 0 unspecified atom stereocenters. The highest BCUT2D eigenvalue weighted by Gasteiger charge is 2.03. The molecule has 0 spiro atoms. The maximum atomic E-state index is 5.79. The number of hydrogen-bond donors (Lipinski definition) is 0. The summed E-state index contributed by atoms with van der Waals surface area (Å²) in [6.45, 7) is 4.08. The second-order valence-corrected chi connectivity index (χ2v) is 3.34. The summed E-state index contributed by atoms with van der Waals surface area (Å²) in [5, 5.41) is 0. The third-order valence-electron chi connectivity index (χ3n) is 1.78. The first-order valence-corrected chi connectivity index (χ1v) is 5.36. The van der Waals surface area contributed by atoms with Gasteiger partial charge in [0.25, 0.3) is 0 Å². The zero-order valence-corrected chi connectivity index (χ0v) is 9.31. The van der Waals surface area contributed by atoms with Crippen LogP contribution in [0.25, 0.3) is 0 Å². The molecule has 0 saturated carbocycles. The number of rotatable bonds is 5. The fourth-order valence-electron chi connectivity index (χ4n) is 1.11. The molecule has 1 aromatic rings. The molecule has 76 valence electrons. The van der Waals surface area contributed by atoms with Gasteiger partial charge < -0.3 is 4.74 Å². The van der Waals surface area contributed by atoms with Crippen LogP contribution in [0.1, 0.15) is 11.1 Å². The summed E-state index contributed by atoms with van der Waals surface area (Å²) in [5.41, 5.74) is 2.01. The van der Waals surface area contributed by atoms with E-state index in [4.69, 9.17) is 27.9 Å². The second kappa shape index (κ2) is 5.94. The van der Waals surface area contributed by atoms with Crippen LogP contribution in [-0.2, 0) is 11.8 Å². The number of alkyl halides is 2. The lowest BCUT2D eigenvalue weighted by Crippen LogP contribution is -1.97. The van der Waals surface area contributed by atoms with E-state index >= 15 is 0 Å². The molecule has 0 atom stereocenters. The van der Waals surface area contributed by atoms with E-state index in [0.717, 1.165) is 16.9 Å². The fraction of sp³-hybridized carbons (Fsp3) is 0.273. The molecule has 0 N–H and O–H groups in total. The topological polar surface area (TPSA) is 9.23 Å². The molecule has 1 nitrogen and oxygen atoms in total. The third-order valence-corrected chi connectivity index (χ3v) is 2.38. The number of hydrogen-bond acceptors (Lipinski definition) is 1. The second-order valence-electron chi connectivity index (χ2n) is 2.81. The molecule has 0 aromatic heterocycles. The summed E-state index contributed by atoms with van der Waals surface area (Å²) < 4.78 is 5.43. The Labute approximate surface area is 94.3 Å². The molecule has 14 heavy (non-hydrogen) atoms. The van der Waals surface area contributed by atoms with Crippen molar-refractivity contribution in [3.63, 3.8) is 0 Å². The van der Waals surface area contributed by atoms with Crippen molar-refractivity contribution in [1.82, 2.24) is 0 Å². The summed E-state index contributed by atoms with van der Waals surface area (Å²) in [6.07, 6.45) is 1.70. The van der Waals surface area contributed by atoms with Gasteiger partial charge in [0, 0.05) is 11.4 Å². The van der Waals surface area contributed by atoms with Crippen molar-refractivity contribution in [2.45, 2.75) is 11.8 Å². The molecule has 0 saturated heterocycles. The zero-order chi connectivity index (χ0) is 10.4. The van der Waals surface area contributed by atoms with Crippen LogP contribution < -0.4 is 4.74 Å². The maximum Gasteiger partial charge on any atom is 0.124 e. The van der Waals surface area contributed by atoms with Gasteiger partial charge in [0.15, 0.2) is 0 Å². The van der Waals surface area contributed by atoms with E-state index in [9.17, 15) is 0 Å². The van der Waals surface area contributed by atoms with Crippen LogP contribution in [0.2, 0.25) is 0 Å². The van der Waals surface area contributed by atoms with E-state index in [1.807, 2.05) is 18.2 Å². The zero-order valence-electron chi connectivity index (χ0n) is 7.80. The first kappa shape index (κ1) is 11.4. The van der Waals surface area contributed by atoms with Gasteiger partial charge in [0.2, 0.25) is 0 Å². The van der Waals surface area contributed by atoms with Crippen molar-refractivity contribution in [2.75, 3.05) is 6.61 Å². The van der Waals surface area contributed by atoms with E-state index < -0.39 is 0 Å². The molecule has 0 aliphatic rings. The SMILES string of the molecule is C=CCOc1ccc(CCl)cc1CCl. The third kappa shape index (κ3) is 2.93. The Morgan fingerprint density at radius 1 is 1.29 bits per heavy atom. The molecule has 0 aliphatic carbocycles. The smallest absolute Gasteiger partial charge is 0.124 e. The highest BCUT2D eigenvalue weighted by molar-refractivity contribution is 6.17. The minimum Gasteiger partial charge on any atom is -0.489 e. The molecule has 0 fully saturated rings. The van der Waals surface area contributed by atoms with Gasteiger partial charge in [0.05, 0.1) is 5.88 Å². The van der Waals surface area contributed by atoms with E-state index in [1.165, 1.54) is 0 Å². The first-order chi connectivity index (χ1) is 6.81. The molecule has 0 heterocycles. The Bertz CT molecular complexity index is 310. The largest absolute Gasteiger partial charge is 0.489 e. The monoisotopic (exact) mass is 230 g/mol. The predicted molar refractivity (Wildman–Crippen MR) is 61.2 cm³/mol. The molecular weight excluding hydrogens is 219 g/mol. The average Bonchev–Trinajstić information content (AvgIpc) is 2.26. The standard InChI is InChI=1S/C11H12Cl2O/c1-2-5-14-11-4-3-9(7-12)6-10(11)8-13/h2-4,6H,1,5,7-8H2. The number of benzene rings is 1. The maximum absolute atomic E-state index is 5.79. The molecule has 1 aromatic carbocycles. The van der Waals surface area contributed by atoms with Crippen molar-refractivity contribution >= 4 is 23.2 Å². The summed E-state index contributed by atoms with van der Waals surface area (Å²) in [7, 11) is 0. The van der Waals surface area contributed by atoms with Crippen LogP contribution in [0, 0.1) is 0 Å². The van der Waals surface area contributed by atoms with Gasteiger partial charge in [-0.2, -0.15) is 0 Å². The minimum absolute atomic E-state index is 0.428. The van der Waals surface area contributed by atoms with Crippen LogP contribution in [0.4, 0.5) is 0 Å². The van der Waals surface area contributed by atoms with Crippen LogP contribution in [-0.4, -0.2) is 6.61 Å². The van der Waals surface area contributed by atoms with Crippen molar-refractivity contribution in [1.29, 1.82) is 0 Å². The molecule has 3 heteroatoms. The van der Waals surface area contributed by atoms with Gasteiger partial charge in [-0.25, -0.2) is 0 Å². The van der Waals surface area contributed by atoms with Crippen LogP contribution in [0.3, 0.4) is 0 Å². The Kier molecular flexibility index (Phi) is 4.85. The predicted octanol–water partition coefficient (Wildman–Crippen LogP) is 3.73. The Morgan fingerprint density at radius 2 is 2.07 bits per heavy atom. The Morgan fingerprint density at radius 3 is 2.64 bits per heavy atom. The first-order valence-electron chi connectivity index (χ1n) is 4.29. The molecule has 0 bridgehead atoms. The van der Waals surface area contributed by atoms with Gasteiger partial charge >= 0.3 is 0 Å². The molecule has 0 radical (unpaired) electrons. The summed E-state index contributed by atoms with van der Waals surface area (Å²) in [6, 6.07) is 5.78. The minimum atomic E-state index is 0.428. The van der Waals surface area contributed by atoms with Crippen molar-refractivity contribution < 1.29 is 4.74 Å². The van der Waals surface area contributed by atoms with Gasteiger partial charge in [-0.15, -0.1) is 23.2 Å². The van der Waals surface area contributed by atoms with Gasteiger partial charge in [-0.05, 0) is 17.7 Å². The van der Waals surface area contributed by atoms with Crippen molar-refractivity contribution in [3.8, 4) is 5.75 Å². The van der Waals surface area contributed by atoms with E-state index in [0.29, 0.717) is 18.4 Å². The van der Waals surface area contributed by atoms with Gasteiger partial charge in [0.1, 0.15) is 12.4 Å². The van der Waals surface area contributed by atoms with Crippen molar-refractivity contribution in [3.05, 3.63) is 42.0 Å². The molecule has 0 amide bonds. The van der Waals surface area contributed by atoms with Crippen molar-refractivity contribution in [2.24, 2.45) is 0 Å². The summed E-state index contributed by atoms with van der Waals surface area (Å²) in [4.78, 5) is 0. The highest BCUT2D eigenvalue weighted by atomic mass is 35.5. The van der Waals surface area contributed by atoms with E-state index in [-0.39, 0.29) is 0 Å². The molecule has 0 aliphatic heterocycles. The summed E-state index contributed by atoms with van der Waals surface area (Å²) in [5.74, 6) is 1.72. The number of ether oxygens (including phenoxy) is 1. The lowest BCUT2D eigenvalue weighted by atomic mass is 10.1. The van der Waals surface area contributed by atoms with E-state index in [2.05, 4.69) is 6.58 Å². The van der Waals surface area contributed by atoms with E-state index in [1.54, 1.807) is 6.08 Å².